The average molecular weight is 246 g/mol. The van der Waals surface area contributed by atoms with Crippen molar-refractivity contribution in [3.63, 3.8) is 0 Å². The number of fused-ring (bicyclic) bond motifs is 4. The molecule has 0 atom stereocenters. The summed E-state index contributed by atoms with van der Waals surface area (Å²) in [7, 11) is -3.23. The van der Waals surface area contributed by atoms with E-state index in [9.17, 15) is 8.42 Å². The van der Waals surface area contributed by atoms with Gasteiger partial charge in [-0.25, -0.2) is 8.42 Å². The van der Waals surface area contributed by atoms with Crippen LogP contribution in [0.4, 0.5) is 0 Å². The van der Waals surface area contributed by atoms with Gasteiger partial charge in [-0.2, -0.15) is 0 Å². The molecule has 4 rings (SSSR count). The molecule has 17 heavy (non-hydrogen) atoms. The van der Waals surface area contributed by atoms with E-state index in [0.29, 0.717) is 24.7 Å². The molecule has 4 bridgehead atoms. The molecule has 4 aliphatic carbocycles. The molecule has 0 radical (unpaired) electrons. The molecule has 2 nitrogen and oxygen atoms in total. The Labute approximate surface area is 101 Å². The van der Waals surface area contributed by atoms with E-state index in [2.05, 4.69) is 0 Å². The molecular formula is C14H14O2S. The second-order valence-electron chi connectivity index (χ2n) is 5.59. The van der Waals surface area contributed by atoms with Crippen LogP contribution in [0.25, 0.3) is 0 Å². The quantitative estimate of drug-likeness (QED) is 0.700. The highest BCUT2D eigenvalue weighted by Crippen LogP contribution is 2.52. The highest BCUT2D eigenvalue weighted by molar-refractivity contribution is 7.95. The summed E-state index contributed by atoms with van der Waals surface area (Å²) in [5.41, 5.74) is 0. The Morgan fingerprint density at radius 2 is 1.12 bits per heavy atom. The molecule has 0 spiro atoms. The maximum absolute atomic E-state index is 13.0. The maximum atomic E-state index is 13.0. The molecule has 4 aliphatic rings. The van der Waals surface area contributed by atoms with Crippen molar-refractivity contribution in [2.24, 2.45) is 11.8 Å². The highest BCUT2D eigenvalue weighted by atomic mass is 32.2. The minimum Gasteiger partial charge on any atom is -0.226 e. The lowest BCUT2D eigenvalue weighted by Crippen LogP contribution is -2.45. The number of hydrogen-bond acceptors (Lipinski definition) is 2. The Bertz CT molecular complexity index is 528. The Morgan fingerprint density at radius 1 is 0.765 bits per heavy atom. The fourth-order valence-corrected chi connectivity index (χ4v) is 6.16. The summed E-state index contributed by atoms with van der Waals surface area (Å²) < 4.78 is 24.5. The van der Waals surface area contributed by atoms with Crippen LogP contribution in [0, 0.1) is 11.8 Å². The van der Waals surface area contributed by atoms with Gasteiger partial charge in [0.2, 0.25) is 0 Å². The lowest BCUT2D eigenvalue weighted by atomic mass is 10.1. The standard InChI is InChI=1S/C14H14O2S/c15-17(16,13-5-1-11(9-13)2-6-13)14-7-3-12(10-14)4-8-14/h1-8,11-12H,9-10H2. The predicted molar refractivity (Wildman–Crippen MR) is 67.2 cm³/mol. The topological polar surface area (TPSA) is 34.1 Å². The molecule has 0 aliphatic heterocycles. The monoisotopic (exact) mass is 246 g/mol. The number of allylic oxidation sites excluding steroid dienone is 4. The molecule has 0 aromatic heterocycles. The van der Waals surface area contributed by atoms with Gasteiger partial charge >= 0.3 is 0 Å². The van der Waals surface area contributed by atoms with E-state index >= 15 is 0 Å². The Morgan fingerprint density at radius 3 is 1.35 bits per heavy atom. The van der Waals surface area contributed by atoms with Crippen molar-refractivity contribution in [2.75, 3.05) is 0 Å². The van der Waals surface area contributed by atoms with E-state index in [-0.39, 0.29) is 0 Å². The molecule has 0 heterocycles. The first-order valence-electron chi connectivity index (χ1n) is 6.09. The Kier molecular flexibility index (Phi) is 1.55. The predicted octanol–water partition coefficient (Wildman–Crippen LogP) is 2.17. The van der Waals surface area contributed by atoms with E-state index in [4.69, 9.17) is 0 Å². The van der Waals surface area contributed by atoms with Crippen LogP contribution in [0.3, 0.4) is 0 Å². The maximum Gasteiger partial charge on any atom is 0.176 e. The summed E-state index contributed by atoms with van der Waals surface area (Å²) in [5.74, 6) is 0.653. The first-order chi connectivity index (χ1) is 8.07. The molecule has 0 fully saturated rings. The first kappa shape index (κ1) is 9.89. The van der Waals surface area contributed by atoms with Crippen molar-refractivity contribution in [3.8, 4) is 0 Å². The second-order valence-corrected chi connectivity index (χ2v) is 8.11. The molecule has 0 aromatic carbocycles. The number of rotatable bonds is 2. The Balaban J connectivity index is 1.89. The van der Waals surface area contributed by atoms with E-state index in [0.717, 1.165) is 0 Å². The third-order valence-corrected chi connectivity index (χ3v) is 7.49. The van der Waals surface area contributed by atoms with Gasteiger partial charge in [0.1, 0.15) is 9.49 Å². The minimum absolute atomic E-state index is 0.327. The molecule has 0 unspecified atom stereocenters. The molecule has 3 heteroatoms. The number of sulfone groups is 1. The third kappa shape index (κ3) is 0.959. The van der Waals surface area contributed by atoms with Crippen molar-refractivity contribution in [1.82, 2.24) is 0 Å². The van der Waals surface area contributed by atoms with Crippen LogP contribution in [0.2, 0.25) is 0 Å². The van der Waals surface area contributed by atoms with Crippen molar-refractivity contribution < 1.29 is 8.42 Å². The minimum atomic E-state index is -3.23. The summed E-state index contributed by atoms with van der Waals surface area (Å²) in [6, 6.07) is 0. The van der Waals surface area contributed by atoms with Gasteiger partial charge in [0.25, 0.3) is 0 Å². The molecular weight excluding hydrogens is 232 g/mol. The van der Waals surface area contributed by atoms with Crippen LogP contribution in [0.5, 0.6) is 0 Å². The van der Waals surface area contributed by atoms with Crippen LogP contribution in [-0.4, -0.2) is 17.9 Å². The van der Waals surface area contributed by atoms with Crippen molar-refractivity contribution in [1.29, 1.82) is 0 Å². The van der Waals surface area contributed by atoms with E-state index < -0.39 is 19.3 Å². The van der Waals surface area contributed by atoms with Gasteiger partial charge in [0, 0.05) is 0 Å². The van der Waals surface area contributed by atoms with Crippen LogP contribution < -0.4 is 0 Å². The molecule has 88 valence electrons. The van der Waals surface area contributed by atoms with Crippen LogP contribution in [0.1, 0.15) is 12.8 Å². The first-order valence-corrected chi connectivity index (χ1v) is 7.57. The molecule has 0 aromatic rings. The summed E-state index contributed by atoms with van der Waals surface area (Å²) in [5, 5.41) is 0. The normalized spacial score (nSPS) is 48.7. The van der Waals surface area contributed by atoms with Gasteiger partial charge in [-0.1, -0.05) is 48.6 Å². The van der Waals surface area contributed by atoms with Gasteiger partial charge in [-0.3, -0.25) is 0 Å². The lowest BCUT2D eigenvalue weighted by Gasteiger charge is -2.32. The zero-order valence-electron chi connectivity index (χ0n) is 9.41. The van der Waals surface area contributed by atoms with Crippen LogP contribution >= 0.6 is 0 Å². The third-order valence-electron chi connectivity index (χ3n) is 4.61. The lowest BCUT2D eigenvalue weighted by molar-refractivity contribution is 0.545. The zero-order valence-corrected chi connectivity index (χ0v) is 10.2. The summed E-state index contributed by atoms with van der Waals surface area (Å²) in [4.78, 5) is 0. The SMILES string of the molecule is O=S(=O)(C12C=CC(C=C1)C2)C12C=CC(C=C1)C2. The highest BCUT2D eigenvalue weighted by Gasteiger charge is 2.58. The second kappa shape index (κ2) is 2.66. The van der Waals surface area contributed by atoms with Gasteiger partial charge in [-0.05, 0) is 24.7 Å². The van der Waals surface area contributed by atoms with Gasteiger partial charge in [-0.15, -0.1) is 0 Å². The fraction of sp³-hybridized carbons (Fsp3) is 0.429. The van der Waals surface area contributed by atoms with Gasteiger partial charge in [0.05, 0.1) is 0 Å². The fourth-order valence-electron chi connectivity index (χ4n) is 3.60. The molecule has 0 saturated carbocycles. The van der Waals surface area contributed by atoms with Crippen molar-refractivity contribution in [3.05, 3.63) is 48.6 Å². The van der Waals surface area contributed by atoms with E-state index in [1.165, 1.54) is 0 Å². The molecule has 0 amide bonds. The largest absolute Gasteiger partial charge is 0.226 e. The van der Waals surface area contributed by atoms with Gasteiger partial charge < -0.3 is 0 Å². The summed E-state index contributed by atoms with van der Waals surface area (Å²) in [6.07, 6.45) is 17.1. The van der Waals surface area contributed by atoms with Crippen LogP contribution in [-0.2, 0) is 9.84 Å². The summed E-state index contributed by atoms with van der Waals surface area (Å²) in [6.45, 7) is 0. The molecule has 0 saturated heterocycles. The zero-order chi connectivity index (χ0) is 11.7. The van der Waals surface area contributed by atoms with E-state index in [1.807, 2.05) is 48.6 Å². The van der Waals surface area contributed by atoms with E-state index in [1.54, 1.807) is 0 Å². The average Bonchev–Trinajstić information content (AvgIpc) is 3.09. The smallest absolute Gasteiger partial charge is 0.176 e. The summed E-state index contributed by atoms with van der Waals surface area (Å²) >= 11 is 0. The molecule has 0 N–H and O–H groups in total. The number of hydrogen-bond donors (Lipinski definition) is 0. The van der Waals surface area contributed by atoms with Crippen molar-refractivity contribution in [2.45, 2.75) is 22.3 Å². The van der Waals surface area contributed by atoms with Crippen LogP contribution in [0.15, 0.2) is 48.6 Å². The van der Waals surface area contributed by atoms with Gasteiger partial charge in [0.15, 0.2) is 9.84 Å². The van der Waals surface area contributed by atoms with Crippen molar-refractivity contribution >= 4 is 9.84 Å². The Hall–Kier alpha value is -1.09.